The van der Waals surface area contributed by atoms with Crippen molar-refractivity contribution in [2.75, 3.05) is 19.4 Å². The predicted molar refractivity (Wildman–Crippen MR) is 68.0 cm³/mol. The van der Waals surface area contributed by atoms with Gasteiger partial charge in [-0.05, 0) is 24.6 Å². The fourth-order valence-electron chi connectivity index (χ4n) is 1.44. The standard InChI is InChI=1S/C13H18N2O2/c1-4-6-12(16)14-11-8-5-7-10(9-11)13(17)15(2)3/h5,7-9H,4,6H2,1-3H3,(H,14,16). The van der Waals surface area contributed by atoms with E-state index in [0.29, 0.717) is 17.7 Å². The molecule has 0 fully saturated rings. The molecular formula is C13H18N2O2. The molecule has 92 valence electrons. The summed E-state index contributed by atoms with van der Waals surface area (Å²) in [6.45, 7) is 1.95. The minimum Gasteiger partial charge on any atom is -0.345 e. The SMILES string of the molecule is CCCC(=O)Nc1cccc(C(=O)N(C)C)c1. The van der Waals surface area contributed by atoms with E-state index in [1.54, 1.807) is 38.4 Å². The molecule has 1 aromatic rings. The normalized spacial score (nSPS) is 9.82. The number of carbonyl (C=O) groups excluding carboxylic acids is 2. The summed E-state index contributed by atoms with van der Waals surface area (Å²) in [7, 11) is 3.40. The lowest BCUT2D eigenvalue weighted by molar-refractivity contribution is -0.116. The van der Waals surface area contributed by atoms with Crippen molar-refractivity contribution in [3.8, 4) is 0 Å². The van der Waals surface area contributed by atoms with Crippen molar-refractivity contribution in [1.82, 2.24) is 4.90 Å². The Morgan fingerprint density at radius 2 is 2.00 bits per heavy atom. The van der Waals surface area contributed by atoms with Gasteiger partial charge in [0.1, 0.15) is 0 Å². The molecule has 0 saturated heterocycles. The maximum atomic E-state index is 11.7. The number of hydrogen-bond acceptors (Lipinski definition) is 2. The number of benzene rings is 1. The van der Waals surface area contributed by atoms with E-state index >= 15 is 0 Å². The van der Waals surface area contributed by atoms with Crippen LogP contribution in [0.3, 0.4) is 0 Å². The summed E-state index contributed by atoms with van der Waals surface area (Å²) >= 11 is 0. The summed E-state index contributed by atoms with van der Waals surface area (Å²) in [5.41, 5.74) is 1.24. The van der Waals surface area contributed by atoms with Gasteiger partial charge in [0.05, 0.1) is 0 Å². The van der Waals surface area contributed by atoms with Gasteiger partial charge in [-0.3, -0.25) is 9.59 Å². The smallest absolute Gasteiger partial charge is 0.253 e. The fraction of sp³-hybridized carbons (Fsp3) is 0.385. The summed E-state index contributed by atoms with van der Waals surface area (Å²) in [4.78, 5) is 24.6. The van der Waals surface area contributed by atoms with Gasteiger partial charge in [0.2, 0.25) is 5.91 Å². The van der Waals surface area contributed by atoms with Crippen molar-refractivity contribution in [2.45, 2.75) is 19.8 Å². The summed E-state index contributed by atoms with van der Waals surface area (Å²) in [6.07, 6.45) is 1.30. The first-order valence-corrected chi connectivity index (χ1v) is 5.66. The number of amides is 2. The van der Waals surface area contributed by atoms with E-state index in [2.05, 4.69) is 5.32 Å². The van der Waals surface area contributed by atoms with Crippen LogP contribution < -0.4 is 5.32 Å². The predicted octanol–water partition coefficient (Wildman–Crippen LogP) is 2.13. The first-order valence-electron chi connectivity index (χ1n) is 5.66. The van der Waals surface area contributed by atoms with Gasteiger partial charge >= 0.3 is 0 Å². The number of carbonyl (C=O) groups is 2. The molecule has 17 heavy (non-hydrogen) atoms. The van der Waals surface area contributed by atoms with Crippen molar-refractivity contribution in [2.24, 2.45) is 0 Å². The second kappa shape index (κ2) is 6.03. The monoisotopic (exact) mass is 234 g/mol. The van der Waals surface area contributed by atoms with Gasteiger partial charge in [-0.1, -0.05) is 13.0 Å². The Kier molecular flexibility index (Phi) is 4.69. The van der Waals surface area contributed by atoms with Crippen LogP contribution in [0.1, 0.15) is 30.1 Å². The Labute approximate surface area is 102 Å². The third-order valence-corrected chi connectivity index (χ3v) is 2.28. The second-order valence-electron chi connectivity index (χ2n) is 4.08. The van der Waals surface area contributed by atoms with Gasteiger partial charge in [-0.2, -0.15) is 0 Å². The highest BCUT2D eigenvalue weighted by Crippen LogP contribution is 2.12. The largest absolute Gasteiger partial charge is 0.345 e. The van der Waals surface area contributed by atoms with Gasteiger partial charge in [-0.25, -0.2) is 0 Å². The average Bonchev–Trinajstić information content (AvgIpc) is 2.28. The van der Waals surface area contributed by atoms with E-state index in [1.807, 2.05) is 6.92 Å². The number of nitrogens with zero attached hydrogens (tertiary/aromatic N) is 1. The molecule has 0 spiro atoms. The van der Waals surface area contributed by atoms with Gasteiger partial charge in [0.25, 0.3) is 5.91 Å². The molecular weight excluding hydrogens is 216 g/mol. The van der Waals surface area contributed by atoms with Gasteiger partial charge < -0.3 is 10.2 Å². The minimum atomic E-state index is -0.0726. The summed E-state index contributed by atoms with van der Waals surface area (Å²) in [6, 6.07) is 6.96. The number of rotatable bonds is 4. The number of anilines is 1. The van der Waals surface area contributed by atoms with Crippen LogP contribution >= 0.6 is 0 Å². The molecule has 2 amide bonds. The third kappa shape index (κ3) is 3.90. The Morgan fingerprint density at radius 3 is 2.59 bits per heavy atom. The van der Waals surface area contributed by atoms with E-state index < -0.39 is 0 Å². The molecule has 0 aromatic heterocycles. The van der Waals surface area contributed by atoms with Crippen LogP contribution in [0.4, 0.5) is 5.69 Å². The molecule has 0 saturated carbocycles. The summed E-state index contributed by atoms with van der Waals surface area (Å²) in [5.74, 6) is -0.0986. The van der Waals surface area contributed by atoms with Crippen molar-refractivity contribution < 1.29 is 9.59 Å². The van der Waals surface area contributed by atoms with Gasteiger partial charge in [0.15, 0.2) is 0 Å². The van der Waals surface area contributed by atoms with Crippen molar-refractivity contribution >= 4 is 17.5 Å². The molecule has 0 heterocycles. The van der Waals surface area contributed by atoms with Gasteiger partial charge in [-0.15, -0.1) is 0 Å². The highest BCUT2D eigenvalue weighted by Gasteiger charge is 2.08. The topological polar surface area (TPSA) is 49.4 Å². The lowest BCUT2D eigenvalue weighted by atomic mass is 10.1. The second-order valence-corrected chi connectivity index (χ2v) is 4.08. The minimum absolute atomic E-state index is 0.0260. The van der Waals surface area contributed by atoms with Crippen LogP contribution in [-0.2, 0) is 4.79 Å². The van der Waals surface area contributed by atoms with Gasteiger partial charge in [0, 0.05) is 31.8 Å². The molecule has 0 aliphatic rings. The van der Waals surface area contributed by atoms with Crippen molar-refractivity contribution in [3.05, 3.63) is 29.8 Å². The maximum absolute atomic E-state index is 11.7. The van der Waals surface area contributed by atoms with Crippen LogP contribution in [-0.4, -0.2) is 30.8 Å². The molecule has 0 atom stereocenters. The molecule has 0 unspecified atom stereocenters. The van der Waals surface area contributed by atoms with Crippen molar-refractivity contribution in [3.63, 3.8) is 0 Å². The lowest BCUT2D eigenvalue weighted by Gasteiger charge is -2.11. The van der Waals surface area contributed by atoms with E-state index in [4.69, 9.17) is 0 Å². The van der Waals surface area contributed by atoms with E-state index in [-0.39, 0.29) is 11.8 Å². The average molecular weight is 234 g/mol. The van der Waals surface area contributed by atoms with E-state index in [0.717, 1.165) is 6.42 Å². The Morgan fingerprint density at radius 1 is 1.29 bits per heavy atom. The Bertz CT molecular complexity index is 414. The number of nitrogens with one attached hydrogen (secondary N) is 1. The van der Waals surface area contributed by atoms with Crippen LogP contribution in [0.2, 0.25) is 0 Å². The molecule has 1 aromatic carbocycles. The quantitative estimate of drug-likeness (QED) is 0.867. The molecule has 0 bridgehead atoms. The Balaban J connectivity index is 2.79. The molecule has 0 radical (unpaired) electrons. The first-order chi connectivity index (χ1) is 8.04. The highest BCUT2D eigenvalue weighted by atomic mass is 16.2. The van der Waals surface area contributed by atoms with Crippen LogP contribution in [0.25, 0.3) is 0 Å². The number of hydrogen-bond donors (Lipinski definition) is 1. The van der Waals surface area contributed by atoms with Crippen LogP contribution in [0.15, 0.2) is 24.3 Å². The summed E-state index contributed by atoms with van der Waals surface area (Å²) < 4.78 is 0. The van der Waals surface area contributed by atoms with Crippen LogP contribution in [0, 0.1) is 0 Å². The van der Waals surface area contributed by atoms with E-state index in [1.165, 1.54) is 4.90 Å². The molecule has 1 N–H and O–H groups in total. The van der Waals surface area contributed by atoms with Crippen LogP contribution in [0.5, 0.6) is 0 Å². The summed E-state index contributed by atoms with van der Waals surface area (Å²) in [5, 5.41) is 2.77. The zero-order valence-corrected chi connectivity index (χ0v) is 10.5. The zero-order valence-electron chi connectivity index (χ0n) is 10.5. The molecule has 0 aliphatic carbocycles. The molecule has 0 aliphatic heterocycles. The molecule has 4 nitrogen and oxygen atoms in total. The molecule has 4 heteroatoms. The Hall–Kier alpha value is -1.84. The lowest BCUT2D eigenvalue weighted by Crippen LogP contribution is -2.21. The third-order valence-electron chi connectivity index (χ3n) is 2.28. The first kappa shape index (κ1) is 13.2. The fourth-order valence-corrected chi connectivity index (χ4v) is 1.44. The maximum Gasteiger partial charge on any atom is 0.253 e. The highest BCUT2D eigenvalue weighted by molar-refractivity contribution is 5.96. The van der Waals surface area contributed by atoms with E-state index in [9.17, 15) is 9.59 Å². The zero-order chi connectivity index (χ0) is 12.8. The van der Waals surface area contributed by atoms with Crippen molar-refractivity contribution in [1.29, 1.82) is 0 Å². The molecule has 1 rings (SSSR count).